The minimum Gasteiger partial charge on any atom is -0.486 e. The molecule has 1 N–H and O–H groups in total. The van der Waals surface area contributed by atoms with Crippen molar-refractivity contribution in [3.8, 4) is 5.75 Å². The van der Waals surface area contributed by atoms with E-state index in [-0.39, 0.29) is 24.2 Å². The molecule has 4 rings (SSSR count). The molecule has 0 unspecified atom stereocenters. The first-order valence-corrected chi connectivity index (χ1v) is 14.7. The standard InChI is InChI=1S/C28H34N4O4S2/c1-5-14-32-23(16-36-20-13-12-18(3)19(4)15-20)30-31-28(32)37-17-24(33)29-26-25(27(34)35-6-2)21-10-8-7-9-11-22(21)38-26/h5,12-13,15H,1,6-11,14,16-17H2,2-4H3,(H,29,33). The number of amides is 1. The van der Waals surface area contributed by atoms with Crippen molar-refractivity contribution in [3.05, 3.63) is 63.8 Å². The van der Waals surface area contributed by atoms with Gasteiger partial charge in [-0.05, 0) is 75.3 Å². The molecule has 0 atom stereocenters. The smallest absolute Gasteiger partial charge is 0.341 e. The Hall–Kier alpha value is -3.11. The van der Waals surface area contributed by atoms with Crippen molar-refractivity contribution in [1.82, 2.24) is 14.8 Å². The van der Waals surface area contributed by atoms with Crippen LogP contribution < -0.4 is 10.1 Å². The molecule has 0 spiro atoms. The van der Waals surface area contributed by atoms with Crippen LogP contribution in [0.25, 0.3) is 0 Å². The number of aromatic nitrogens is 3. The molecule has 8 nitrogen and oxygen atoms in total. The van der Waals surface area contributed by atoms with Crippen LogP contribution >= 0.6 is 23.1 Å². The number of ether oxygens (including phenoxy) is 2. The van der Waals surface area contributed by atoms with Gasteiger partial charge in [0, 0.05) is 11.4 Å². The summed E-state index contributed by atoms with van der Waals surface area (Å²) in [7, 11) is 0. The third-order valence-corrected chi connectivity index (χ3v) is 8.61. The van der Waals surface area contributed by atoms with E-state index in [9.17, 15) is 9.59 Å². The molecule has 1 amide bonds. The van der Waals surface area contributed by atoms with Crippen LogP contribution in [0.15, 0.2) is 36.0 Å². The first kappa shape index (κ1) is 27.9. The van der Waals surface area contributed by atoms with Gasteiger partial charge in [-0.15, -0.1) is 28.1 Å². The van der Waals surface area contributed by atoms with E-state index in [0.717, 1.165) is 49.0 Å². The summed E-state index contributed by atoms with van der Waals surface area (Å²) in [5, 5.41) is 12.7. The number of hydrogen-bond acceptors (Lipinski definition) is 8. The Balaban J connectivity index is 1.43. The number of aryl methyl sites for hydroxylation is 3. The van der Waals surface area contributed by atoms with Crippen molar-refractivity contribution in [2.75, 3.05) is 17.7 Å². The lowest BCUT2D eigenvalue weighted by molar-refractivity contribution is -0.113. The summed E-state index contributed by atoms with van der Waals surface area (Å²) in [5.74, 6) is 0.962. The monoisotopic (exact) mass is 554 g/mol. The molecule has 0 saturated heterocycles. The van der Waals surface area contributed by atoms with Crippen LogP contribution in [-0.4, -0.2) is 39.0 Å². The summed E-state index contributed by atoms with van der Waals surface area (Å²) in [6, 6.07) is 5.96. The number of benzene rings is 1. The average molecular weight is 555 g/mol. The van der Waals surface area contributed by atoms with Gasteiger partial charge in [-0.1, -0.05) is 30.3 Å². The second-order valence-corrected chi connectivity index (χ2v) is 11.2. The van der Waals surface area contributed by atoms with Crippen molar-refractivity contribution >= 4 is 40.0 Å². The molecule has 2 heterocycles. The second-order valence-electron chi connectivity index (χ2n) is 9.16. The molecule has 38 heavy (non-hydrogen) atoms. The predicted octanol–water partition coefficient (Wildman–Crippen LogP) is 5.90. The molecule has 1 aliphatic carbocycles. The SMILES string of the molecule is C=CCn1c(COc2ccc(C)c(C)c2)nnc1SCC(=O)Nc1sc2c(c1C(=O)OCC)CCCCC2. The van der Waals surface area contributed by atoms with E-state index in [2.05, 4.69) is 29.0 Å². The van der Waals surface area contributed by atoms with Gasteiger partial charge in [0.05, 0.1) is 17.9 Å². The van der Waals surface area contributed by atoms with E-state index < -0.39 is 0 Å². The number of nitrogens with zero attached hydrogens (tertiary/aromatic N) is 3. The molecule has 0 saturated carbocycles. The Morgan fingerprint density at radius 1 is 1.18 bits per heavy atom. The van der Waals surface area contributed by atoms with Crippen LogP contribution in [0.4, 0.5) is 5.00 Å². The normalized spacial score (nSPS) is 12.9. The number of hydrogen-bond donors (Lipinski definition) is 1. The molecule has 0 radical (unpaired) electrons. The summed E-state index contributed by atoms with van der Waals surface area (Å²) in [6.07, 6.45) is 6.79. The molecule has 2 aromatic heterocycles. The maximum Gasteiger partial charge on any atom is 0.341 e. The Labute approximate surface area is 231 Å². The summed E-state index contributed by atoms with van der Waals surface area (Å²) >= 11 is 2.78. The summed E-state index contributed by atoms with van der Waals surface area (Å²) in [6.45, 7) is 10.8. The van der Waals surface area contributed by atoms with Gasteiger partial charge < -0.3 is 14.8 Å². The molecule has 0 bridgehead atoms. The molecular weight excluding hydrogens is 520 g/mol. The highest BCUT2D eigenvalue weighted by Gasteiger charge is 2.27. The van der Waals surface area contributed by atoms with Gasteiger partial charge in [0.1, 0.15) is 17.4 Å². The number of carbonyl (C=O) groups is 2. The second kappa shape index (κ2) is 13.1. The van der Waals surface area contributed by atoms with Crippen LogP contribution in [-0.2, 0) is 35.5 Å². The van der Waals surface area contributed by atoms with Gasteiger partial charge in [-0.3, -0.25) is 9.36 Å². The number of thiophene rings is 1. The lowest BCUT2D eigenvalue weighted by Crippen LogP contribution is -2.17. The fourth-order valence-electron chi connectivity index (χ4n) is 4.34. The lowest BCUT2D eigenvalue weighted by atomic mass is 10.1. The Morgan fingerprint density at radius 2 is 2.00 bits per heavy atom. The Morgan fingerprint density at radius 3 is 2.76 bits per heavy atom. The first-order valence-electron chi connectivity index (χ1n) is 12.9. The molecule has 0 fully saturated rings. The molecule has 1 aromatic carbocycles. The number of thioether (sulfide) groups is 1. The zero-order valence-corrected chi connectivity index (χ0v) is 23.8. The van der Waals surface area contributed by atoms with Gasteiger partial charge >= 0.3 is 5.97 Å². The topological polar surface area (TPSA) is 95.3 Å². The van der Waals surface area contributed by atoms with Crippen LogP contribution in [0.2, 0.25) is 0 Å². The number of fused-ring (bicyclic) bond motifs is 1. The van der Waals surface area contributed by atoms with E-state index in [4.69, 9.17) is 9.47 Å². The van der Waals surface area contributed by atoms with Gasteiger partial charge in [0.15, 0.2) is 11.0 Å². The van der Waals surface area contributed by atoms with Gasteiger partial charge in [-0.2, -0.15) is 0 Å². The number of carbonyl (C=O) groups excluding carboxylic acids is 2. The molecule has 1 aliphatic rings. The van der Waals surface area contributed by atoms with Crippen molar-refractivity contribution in [3.63, 3.8) is 0 Å². The van der Waals surface area contributed by atoms with Gasteiger partial charge in [0.25, 0.3) is 0 Å². The largest absolute Gasteiger partial charge is 0.486 e. The Kier molecular flexibility index (Phi) is 9.63. The number of rotatable bonds is 11. The molecule has 0 aliphatic heterocycles. The van der Waals surface area contributed by atoms with E-state index in [1.165, 1.54) is 33.5 Å². The van der Waals surface area contributed by atoms with Crippen LogP contribution in [0.5, 0.6) is 5.75 Å². The summed E-state index contributed by atoms with van der Waals surface area (Å²) in [5.41, 5.74) is 3.92. The summed E-state index contributed by atoms with van der Waals surface area (Å²) < 4.78 is 13.2. The highest BCUT2D eigenvalue weighted by Crippen LogP contribution is 2.38. The fourth-order valence-corrected chi connectivity index (χ4v) is 6.40. The van der Waals surface area contributed by atoms with E-state index in [1.807, 2.05) is 29.7 Å². The fraction of sp³-hybridized carbons (Fsp3) is 0.429. The van der Waals surface area contributed by atoms with E-state index in [0.29, 0.717) is 34.7 Å². The van der Waals surface area contributed by atoms with E-state index in [1.54, 1.807) is 13.0 Å². The molecule has 10 heteroatoms. The van der Waals surface area contributed by atoms with Crippen molar-refractivity contribution in [2.24, 2.45) is 0 Å². The quantitative estimate of drug-likeness (QED) is 0.136. The minimum absolute atomic E-state index is 0.123. The first-order chi connectivity index (χ1) is 18.4. The van der Waals surface area contributed by atoms with Gasteiger partial charge in [0.2, 0.25) is 5.91 Å². The zero-order valence-electron chi connectivity index (χ0n) is 22.2. The van der Waals surface area contributed by atoms with Crippen LogP contribution in [0.3, 0.4) is 0 Å². The minimum atomic E-state index is -0.367. The molecule has 3 aromatic rings. The number of anilines is 1. The van der Waals surface area contributed by atoms with E-state index >= 15 is 0 Å². The number of allylic oxidation sites excluding steroid dienone is 1. The van der Waals surface area contributed by atoms with Crippen molar-refractivity contribution in [1.29, 1.82) is 0 Å². The average Bonchev–Trinajstić information content (AvgIpc) is 3.35. The predicted molar refractivity (Wildman–Crippen MR) is 151 cm³/mol. The van der Waals surface area contributed by atoms with Crippen LogP contribution in [0, 0.1) is 13.8 Å². The molecule has 202 valence electrons. The van der Waals surface area contributed by atoms with Gasteiger partial charge in [-0.25, -0.2) is 4.79 Å². The lowest BCUT2D eigenvalue weighted by Gasteiger charge is -2.10. The molecular formula is C28H34N4O4S2. The third kappa shape index (κ3) is 6.66. The van der Waals surface area contributed by atoms with Crippen molar-refractivity contribution < 1.29 is 19.1 Å². The Bertz CT molecular complexity index is 1310. The highest BCUT2D eigenvalue weighted by atomic mass is 32.2. The van der Waals surface area contributed by atoms with Crippen LogP contribution in [0.1, 0.15) is 63.9 Å². The maximum atomic E-state index is 13.0. The highest BCUT2D eigenvalue weighted by molar-refractivity contribution is 7.99. The van der Waals surface area contributed by atoms with Crippen molar-refractivity contribution in [2.45, 2.75) is 71.2 Å². The number of esters is 1. The maximum absolute atomic E-state index is 13.0. The third-order valence-electron chi connectivity index (χ3n) is 6.44. The number of nitrogens with one attached hydrogen (secondary N) is 1. The summed E-state index contributed by atoms with van der Waals surface area (Å²) in [4.78, 5) is 26.9. The zero-order chi connectivity index (χ0) is 27.1.